The number of fused-ring (bicyclic) bond motifs is 18. The second-order valence-electron chi connectivity index (χ2n) is 15.2. The monoisotopic (exact) mass is 696 g/mol. The Morgan fingerprint density at radius 1 is 0.291 bits per heavy atom. The largest absolute Gasteiger partial charge is 0.309 e. The van der Waals surface area contributed by atoms with Gasteiger partial charge in [0.15, 0.2) is 0 Å². The second-order valence-corrected chi connectivity index (χ2v) is 15.2. The summed E-state index contributed by atoms with van der Waals surface area (Å²) in [6, 6.07) is 72.6. The Morgan fingerprint density at radius 3 is 1.24 bits per heavy atom. The molecule has 0 N–H and O–H groups in total. The van der Waals surface area contributed by atoms with E-state index in [2.05, 4.69) is 203 Å². The maximum Gasteiger partial charge on any atom is 0.0732 e. The molecule has 0 radical (unpaired) electrons. The number of rotatable bonds is 2. The van der Waals surface area contributed by atoms with Gasteiger partial charge in [-0.1, -0.05) is 146 Å². The molecule has 0 saturated heterocycles. The van der Waals surface area contributed by atoms with E-state index in [1.807, 2.05) is 0 Å². The molecule has 0 atom stereocenters. The van der Waals surface area contributed by atoms with Crippen LogP contribution in [0.1, 0.15) is 22.3 Å². The Hall–Kier alpha value is -7.16. The first-order valence-electron chi connectivity index (χ1n) is 19.2. The molecule has 0 bridgehead atoms. The molecule has 2 heteroatoms. The Bertz CT molecular complexity index is 3290. The van der Waals surface area contributed by atoms with Crippen molar-refractivity contribution in [3.8, 4) is 33.6 Å². The highest BCUT2D eigenvalue weighted by Gasteiger charge is 2.52. The molecule has 2 aliphatic rings. The van der Waals surface area contributed by atoms with Gasteiger partial charge >= 0.3 is 0 Å². The van der Waals surface area contributed by atoms with Crippen molar-refractivity contribution >= 4 is 54.4 Å². The topological polar surface area (TPSA) is 9.86 Å². The Labute approximate surface area is 317 Å². The number of hydrogen-bond donors (Lipinski definition) is 0. The van der Waals surface area contributed by atoms with Crippen LogP contribution in [0, 0.1) is 0 Å². The van der Waals surface area contributed by atoms with Crippen LogP contribution in [0.25, 0.3) is 88.0 Å². The minimum absolute atomic E-state index is 0.508. The number of nitrogens with zero attached hydrogens (tertiary/aromatic N) is 2. The fraction of sp³-hybridized carbons (Fsp3) is 0.0189. The van der Waals surface area contributed by atoms with Gasteiger partial charge in [0.2, 0.25) is 0 Å². The molecule has 254 valence electrons. The highest BCUT2D eigenvalue weighted by atomic mass is 15.0. The summed E-state index contributed by atoms with van der Waals surface area (Å²) in [6.07, 6.45) is 0. The maximum absolute atomic E-state index is 2.51. The van der Waals surface area contributed by atoms with Crippen molar-refractivity contribution in [3.63, 3.8) is 0 Å². The van der Waals surface area contributed by atoms with Gasteiger partial charge in [0, 0.05) is 32.9 Å². The fourth-order valence-electron chi connectivity index (χ4n) is 10.6. The van der Waals surface area contributed by atoms with Crippen molar-refractivity contribution in [2.45, 2.75) is 5.41 Å². The Kier molecular flexibility index (Phi) is 5.59. The quantitative estimate of drug-likeness (QED) is 0.170. The van der Waals surface area contributed by atoms with Crippen LogP contribution in [0.2, 0.25) is 0 Å². The molecule has 0 fully saturated rings. The first-order valence-corrected chi connectivity index (χ1v) is 19.2. The molecule has 9 aromatic carbocycles. The summed E-state index contributed by atoms with van der Waals surface area (Å²) in [5, 5.41) is 7.64. The van der Waals surface area contributed by atoms with Crippen LogP contribution in [0.5, 0.6) is 0 Å². The van der Waals surface area contributed by atoms with Gasteiger partial charge in [-0.25, -0.2) is 0 Å². The molecule has 2 heterocycles. The summed E-state index contributed by atoms with van der Waals surface area (Å²) in [5.74, 6) is 0. The van der Waals surface area contributed by atoms with E-state index in [9.17, 15) is 0 Å². The second kappa shape index (κ2) is 10.5. The lowest BCUT2D eigenvalue weighted by molar-refractivity contribution is 0.800. The summed E-state index contributed by atoms with van der Waals surface area (Å²) >= 11 is 0. The van der Waals surface area contributed by atoms with Gasteiger partial charge in [-0.15, -0.1) is 0 Å². The Balaban J connectivity index is 1.16. The molecule has 0 aliphatic heterocycles. The van der Waals surface area contributed by atoms with Crippen molar-refractivity contribution in [1.82, 2.24) is 9.13 Å². The van der Waals surface area contributed by atoms with Gasteiger partial charge in [-0.2, -0.15) is 0 Å². The Morgan fingerprint density at radius 2 is 0.691 bits per heavy atom. The number of benzene rings is 9. The van der Waals surface area contributed by atoms with Gasteiger partial charge in [0.25, 0.3) is 0 Å². The van der Waals surface area contributed by atoms with Gasteiger partial charge in [-0.3, -0.25) is 0 Å². The summed E-state index contributed by atoms with van der Waals surface area (Å²) in [4.78, 5) is 0. The molecule has 2 aliphatic carbocycles. The molecule has 0 amide bonds. The third-order valence-electron chi connectivity index (χ3n) is 12.7. The zero-order valence-corrected chi connectivity index (χ0v) is 29.9. The van der Waals surface area contributed by atoms with Crippen molar-refractivity contribution in [2.24, 2.45) is 0 Å². The predicted molar refractivity (Wildman–Crippen MR) is 229 cm³/mol. The molecule has 0 saturated carbocycles. The molecule has 2 nitrogen and oxygen atoms in total. The average Bonchev–Trinajstić information content (AvgIpc) is 3.95. The van der Waals surface area contributed by atoms with E-state index >= 15 is 0 Å². The fourth-order valence-corrected chi connectivity index (χ4v) is 10.6. The molecule has 11 aromatic rings. The zero-order chi connectivity index (χ0) is 35.8. The van der Waals surface area contributed by atoms with E-state index in [4.69, 9.17) is 0 Å². The summed E-state index contributed by atoms with van der Waals surface area (Å²) in [5.41, 5.74) is 17.4. The van der Waals surface area contributed by atoms with E-state index in [1.165, 1.54) is 110 Å². The third kappa shape index (κ3) is 3.60. The minimum atomic E-state index is -0.508. The molecular formula is C53H32N2. The SMILES string of the molecule is c1ccc2c(c1)-c1ccccc1C21c2cc(-n3c4ccccc4c4ccccc43)ccc2-c2ccc3ccc(-n4c5ccccc5c5ccccc54)cc3c21. The van der Waals surface area contributed by atoms with E-state index in [0.29, 0.717) is 0 Å². The van der Waals surface area contributed by atoms with Crippen LogP contribution < -0.4 is 0 Å². The van der Waals surface area contributed by atoms with Gasteiger partial charge in [0.05, 0.1) is 27.5 Å². The van der Waals surface area contributed by atoms with Crippen molar-refractivity contribution in [3.05, 3.63) is 216 Å². The van der Waals surface area contributed by atoms with Crippen LogP contribution >= 0.6 is 0 Å². The third-order valence-corrected chi connectivity index (χ3v) is 12.7. The number of hydrogen-bond acceptors (Lipinski definition) is 0. The predicted octanol–water partition coefficient (Wildman–Crippen LogP) is 13.4. The average molecular weight is 697 g/mol. The number of para-hydroxylation sites is 4. The lowest BCUT2D eigenvalue weighted by Gasteiger charge is -2.32. The molecule has 55 heavy (non-hydrogen) atoms. The van der Waals surface area contributed by atoms with E-state index < -0.39 is 5.41 Å². The van der Waals surface area contributed by atoms with Crippen LogP contribution in [0.4, 0.5) is 0 Å². The van der Waals surface area contributed by atoms with Crippen LogP contribution in [0.15, 0.2) is 194 Å². The molecule has 2 aromatic heterocycles. The van der Waals surface area contributed by atoms with Crippen molar-refractivity contribution in [2.75, 3.05) is 0 Å². The summed E-state index contributed by atoms with van der Waals surface area (Å²) in [7, 11) is 0. The van der Waals surface area contributed by atoms with Crippen molar-refractivity contribution in [1.29, 1.82) is 0 Å². The highest BCUT2D eigenvalue weighted by molar-refractivity contribution is 6.11. The van der Waals surface area contributed by atoms with Crippen LogP contribution in [0.3, 0.4) is 0 Å². The lowest BCUT2D eigenvalue weighted by atomic mass is 9.69. The lowest BCUT2D eigenvalue weighted by Crippen LogP contribution is -2.26. The first-order chi connectivity index (χ1) is 27.3. The van der Waals surface area contributed by atoms with E-state index in [-0.39, 0.29) is 0 Å². The smallest absolute Gasteiger partial charge is 0.0732 e. The summed E-state index contributed by atoms with van der Waals surface area (Å²) < 4.78 is 4.92. The minimum Gasteiger partial charge on any atom is -0.309 e. The van der Waals surface area contributed by atoms with Crippen LogP contribution in [-0.4, -0.2) is 9.13 Å². The number of aromatic nitrogens is 2. The van der Waals surface area contributed by atoms with Gasteiger partial charge < -0.3 is 9.13 Å². The molecular weight excluding hydrogens is 665 g/mol. The summed E-state index contributed by atoms with van der Waals surface area (Å²) in [6.45, 7) is 0. The van der Waals surface area contributed by atoms with Crippen LogP contribution in [-0.2, 0) is 5.41 Å². The molecule has 13 rings (SSSR count). The van der Waals surface area contributed by atoms with Gasteiger partial charge in [-0.05, 0) is 104 Å². The van der Waals surface area contributed by atoms with E-state index in [0.717, 1.165) is 0 Å². The maximum atomic E-state index is 2.51. The standard InChI is InChI=1S/C53H32N2/c1-7-19-45-36(13-1)37-14-2-8-20-46(37)53(45)47-32-35(55-50-23-11-5-17-41(50)42-18-6-12-24-51(42)55)28-30-38(47)43-29-26-33-25-27-34(31-44(33)52(43)53)54-48-21-9-3-15-39(48)40-16-4-10-22-49(40)54/h1-32H. The molecule has 1 spiro atoms. The van der Waals surface area contributed by atoms with Gasteiger partial charge in [0.1, 0.15) is 0 Å². The normalized spacial score (nSPS) is 13.6. The molecule has 0 unspecified atom stereocenters. The highest BCUT2D eigenvalue weighted by Crippen LogP contribution is 2.64. The first kappa shape index (κ1) is 29.3. The zero-order valence-electron chi connectivity index (χ0n) is 29.9. The van der Waals surface area contributed by atoms with Crippen molar-refractivity contribution < 1.29 is 0 Å². The van der Waals surface area contributed by atoms with E-state index in [1.54, 1.807) is 0 Å².